The van der Waals surface area contributed by atoms with Gasteiger partial charge in [-0.15, -0.1) is 6.58 Å². The molecule has 2 rings (SSSR count). The molecule has 1 spiro atoms. The van der Waals surface area contributed by atoms with E-state index in [0.29, 0.717) is 18.9 Å². The van der Waals surface area contributed by atoms with E-state index in [2.05, 4.69) is 29.7 Å². The largest absolute Gasteiger partial charge is 0.339 e. The van der Waals surface area contributed by atoms with E-state index in [0.717, 1.165) is 39.0 Å². The van der Waals surface area contributed by atoms with Gasteiger partial charge in [0.15, 0.2) is 0 Å². The van der Waals surface area contributed by atoms with E-state index in [1.807, 2.05) is 22.7 Å². The molecule has 0 aromatic heterocycles. The molecule has 4 nitrogen and oxygen atoms in total. The minimum Gasteiger partial charge on any atom is -0.339 e. The average molecular weight is 326 g/mol. The number of piperazine rings is 1. The third-order valence-electron chi connectivity index (χ3n) is 5.26. The molecule has 5 heteroatoms. The summed E-state index contributed by atoms with van der Waals surface area (Å²) in [7, 11) is 2.24. The van der Waals surface area contributed by atoms with Crippen LogP contribution in [0.4, 0.5) is 0 Å². The molecule has 0 aromatic rings. The summed E-state index contributed by atoms with van der Waals surface area (Å²) in [5.74, 6) is 1.54. The number of likely N-dealkylation sites (tertiary alicyclic amines) is 1. The van der Waals surface area contributed by atoms with E-state index in [1.165, 1.54) is 18.7 Å². The Morgan fingerprint density at radius 3 is 2.86 bits per heavy atom. The molecule has 2 aliphatic heterocycles. The van der Waals surface area contributed by atoms with E-state index in [4.69, 9.17) is 0 Å². The number of amides is 1. The second-order valence-electron chi connectivity index (χ2n) is 6.65. The summed E-state index contributed by atoms with van der Waals surface area (Å²) >= 11 is 1.93. The molecular weight excluding hydrogens is 294 g/mol. The number of hydrogen-bond donors (Lipinski definition) is 0. The molecule has 2 heterocycles. The first kappa shape index (κ1) is 17.8. The molecule has 0 bridgehead atoms. The highest BCUT2D eigenvalue weighted by Crippen LogP contribution is 2.32. The highest BCUT2D eigenvalue weighted by atomic mass is 32.2. The van der Waals surface area contributed by atoms with Crippen LogP contribution in [0.3, 0.4) is 0 Å². The number of hydrogen-bond acceptors (Lipinski definition) is 4. The Hall–Kier alpha value is -0.520. The Morgan fingerprint density at radius 1 is 1.32 bits per heavy atom. The van der Waals surface area contributed by atoms with Gasteiger partial charge in [0.05, 0.1) is 0 Å². The van der Waals surface area contributed by atoms with Crippen LogP contribution in [0.5, 0.6) is 0 Å². The summed E-state index contributed by atoms with van der Waals surface area (Å²) in [6.07, 6.45) is 8.04. The fourth-order valence-corrected chi connectivity index (χ4v) is 4.16. The number of thioether (sulfide) groups is 1. The van der Waals surface area contributed by atoms with Gasteiger partial charge < -0.3 is 9.80 Å². The lowest BCUT2D eigenvalue weighted by atomic mass is 9.86. The fraction of sp³-hybridized carbons (Fsp3) is 0.824. The van der Waals surface area contributed by atoms with Crippen molar-refractivity contribution in [2.45, 2.75) is 31.2 Å². The SMILES string of the molecule is C=CCN1CC[C@]2(CCC1=O)CN(CCCSC)CCN2C. The quantitative estimate of drug-likeness (QED) is 0.551. The first-order valence-electron chi connectivity index (χ1n) is 8.42. The van der Waals surface area contributed by atoms with Crippen LogP contribution in [0.25, 0.3) is 0 Å². The minimum atomic E-state index is 0.184. The van der Waals surface area contributed by atoms with E-state index in [9.17, 15) is 4.79 Å². The summed E-state index contributed by atoms with van der Waals surface area (Å²) in [5.41, 5.74) is 0.184. The standard InChI is InChI=1S/C17H31N3OS/c1-4-9-20-11-8-17(7-6-16(20)21)15-19(10-5-14-22-3)13-12-18(17)2/h4H,1,5-15H2,2-3H3/t17-/m1/s1. The predicted molar refractivity (Wildman–Crippen MR) is 95.4 cm³/mol. The maximum Gasteiger partial charge on any atom is 0.222 e. The fourth-order valence-electron chi connectivity index (χ4n) is 3.75. The molecule has 1 amide bonds. The first-order valence-corrected chi connectivity index (χ1v) is 9.82. The minimum absolute atomic E-state index is 0.184. The summed E-state index contributed by atoms with van der Waals surface area (Å²) in [6, 6.07) is 0. The van der Waals surface area contributed by atoms with Crippen LogP contribution >= 0.6 is 11.8 Å². The lowest BCUT2D eigenvalue weighted by Gasteiger charge is -2.49. The van der Waals surface area contributed by atoms with Crippen LogP contribution in [-0.2, 0) is 4.79 Å². The molecule has 0 saturated carbocycles. The van der Waals surface area contributed by atoms with Gasteiger partial charge in [-0.3, -0.25) is 9.69 Å². The molecule has 2 saturated heterocycles. The van der Waals surface area contributed by atoms with Crippen molar-refractivity contribution in [3.05, 3.63) is 12.7 Å². The predicted octanol–water partition coefficient (Wildman–Crippen LogP) is 1.92. The van der Waals surface area contributed by atoms with Crippen molar-refractivity contribution in [2.75, 3.05) is 58.3 Å². The molecule has 0 aliphatic carbocycles. The maximum absolute atomic E-state index is 12.3. The zero-order valence-corrected chi connectivity index (χ0v) is 15.0. The Morgan fingerprint density at radius 2 is 2.14 bits per heavy atom. The molecule has 2 aliphatic rings. The third kappa shape index (κ3) is 4.27. The van der Waals surface area contributed by atoms with Gasteiger partial charge in [-0.2, -0.15) is 11.8 Å². The summed E-state index contributed by atoms with van der Waals surface area (Å²) < 4.78 is 0. The van der Waals surface area contributed by atoms with Gasteiger partial charge >= 0.3 is 0 Å². The molecule has 0 unspecified atom stereocenters. The average Bonchev–Trinajstić information content (AvgIpc) is 2.66. The molecule has 22 heavy (non-hydrogen) atoms. The first-order chi connectivity index (χ1) is 10.6. The van der Waals surface area contributed by atoms with Crippen LogP contribution in [-0.4, -0.2) is 84.5 Å². The highest BCUT2D eigenvalue weighted by Gasteiger charge is 2.41. The van der Waals surface area contributed by atoms with E-state index < -0.39 is 0 Å². The molecule has 126 valence electrons. The van der Waals surface area contributed by atoms with Crippen LogP contribution in [0.1, 0.15) is 25.7 Å². The summed E-state index contributed by atoms with van der Waals surface area (Å²) in [6.45, 7) is 9.93. The molecule has 2 fully saturated rings. The zero-order chi connectivity index (χ0) is 16.0. The number of nitrogens with zero attached hydrogens (tertiary/aromatic N) is 3. The lowest BCUT2D eigenvalue weighted by Crippen LogP contribution is -2.61. The van der Waals surface area contributed by atoms with Crippen molar-refractivity contribution in [1.82, 2.24) is 14.7 Å². The summed E-state index contributed by atoms with van der Waals surface area (Å²) in [4.78, 5) is 19.4. The Balaban J connectivity index is 1.99. The van der Waals surface area contributed by atoms with Crippen LogP contribution in [0.15, 0.2) is 12.7 Å². The normalized spacial score (nSPS) is 28.1. The van der Waals surface area contributed by atoms with Gasteiger partial charge in [-0.1, -0.05) is 6.08 Å². The maximum atomic E-state index is 12.3. The number of carbonyl (C=O) groups excluding carboxylic acids is 1. The smallest absolute Gasteiger partial charge is 0.222 e. The van der Waals surface area contributed by atoms with Crippen LogP contribution in [0.2, 0.25) is 0 Å². The van der Waals surface area contributed by atoms with Gasteiger partial charge in [0.2, 0.25) is 5.91 Å². The van der Waals surface area contributed by atoms with Crippen molar-refractivity contribution >= 4 is 17.7 Å². The number of likely N-dealkylation sites (N-methyl/N-ethyl adjacent to an activating group) is 1. The van der Waals surface area contributed by atoms with Gasteiger partial charge in [0.25, 0.3) is 0 Å². The van der Waals surface area contributed by atoms with E-state index in [1.54, 1.807) is 0 Å². The monoisotopic (exact) mass is 325 g/mol. The Labute approximate surface area is 139 Å². The van der Waals surface area contributed by atoms with E-state index >= 15 is 0 Å². The molecule has 0 aromatic carbocycles. The number of rotatable bonds is 6. The third-order valence-corrected chi connectivity index (χ3v) is 5.95. The Bertz CT molecular complexity index is 390. The van der Waals surface area contributed by atoms with Crippen molar-refractivity contribution in [3.8, 4) is 0 Å². The second kappa shape index (κ2) is 8.37. The Kier molecular flexibility index (Phi) is 6.78. The van der Waals surface area contributed by atoms with Crippen molar-refractivity contribution in [2.24, 2.45) is 0 Å². The van der Waals surface area contributed by atoms with Crippen molar-refractivity contribution in [3.63, 3.8) is 0 Å². The van der Waals surface area contributed by atoms with Gasteiger partial charge in [-0.25, -0.2) is 0 Å². The molecular formula is C17H31N3OS. The van der Waals surface area contributed by atoms with Crippen molar-refractivity contribution in [1.29, 1.82) is 0 Å². The van der Waals surface area contributed by atoms with Gasteiger partial charge in [-0.05, 0) is 44.9 Å². The van der Waals surface area contributed by atoms with Gasteiger partial charge in [0, 0.05) is 44.7 Å². The second-order valence-corrected chi connectivity index (χ2v) is 7.63. The van der Waals surface area contributed by atoms with E-state index in [-0.39, 0.29) is 5.54 Å². The molecule has 0 N–H and O–H groups in total. The van der Waals surface area contributed by atoms with Crippen LogP contribution in [0, 0.1) is 0 Å². The van der Waals surface area contributed by atoms with Crippen LogP contribution < -0.4 is 0 Å². The molecule has 1 atom stereocenters. The van der Waals surface area contributed by atoms with Gasteiger partial charge in [0.1, 0.15) is 0 Å². The zero-order valence-electron chi connectivity index (χ0n) is 14.2. The number of carbonyl (C=O) groups is 1. The summed E-state index contributed by atoms with van der Waals surface area (Å²) in [5, 5.41) is 0. The lowest BCUT2D eigenvalue weighted by molar-refractivity contribution is -0.130. The molecule has 0 radical (unpaired) electrons. The van der Waals surface area contributed by atoms with Crippen molar-refractivity contribution < 1.29 is 4.79 Å². The topological polar surface area (TPSA) is 26.8 Å². The highest BCUT2D eigenvalue weighted by molar-refractivity contribution is 7.98.